The molecule has 3 rings (SSSR count). The van der Waals surface area contributed by atoms with Gasteiger partial charge in [-0.05, 0) is 12.0 Å². The minimum atomic E-state index is -0.688. The summed E-state index contributed by atoms with van der Waals surface area (Å²) in [6.07, 6.45) is 1.78. The van der Waals surface area contributed by atoms with Crippen LogP contribution in [0, 0.1) is 11.8 Å². The summed E-state index contributed by atoms with van der Waals surface area (Å²) in [6, 6.07) is 7.94. The van der Waals surface area contributed by atoms with Crippen LogP contribution in [0.5, 0.6) is 0 Å². The van der Waals surface area contributed by atoms with E-state index in [0.717, 1.165) is 29.6 Å². The van der Waals surface area contributed by atoms with Gasteiger partial charge in [-0.2, -0.15) is 0 Å². The van der Waals surface area contributed by atoms with Crippen LogP contribution < -0.4 is 0 Å². The van der Waals surface area contributed by atoms with Gasteiger partial charge in [0.15, 0.2) is 0 Å². The fourth-order valence-corrected chi connectivity index (χ4v) is 2.91. The molecule has 2 heterocycles. The lowest BCUT2D eigenvalue weighted by Gasteiger charge is -2.13. The normalized spacial score (nSPS) is 24.1. The van der Waals surface area contributed by atoms with Crippen molar-refractivity contribution in [3.8, 4) is 0 Å². The van der Waals surface area contributed by atoms with E-state index in [-0.39, 0.29) is 11.8 Å². The monoisotopic (exact) mass is 259 g/mol. The highest BCUT2D eigenvalue weighted by atomic mass is 16.4. The van der Waals surface area contributed by atoms with Crippen LogP contribution in [-0.2, 0) is 11.3 Å². The van der Waals surface area contributed by atoms with Crippen molar-refractivity contribution in [2.75, 3.05) is 13.1 Å². The summed E-state index contributed by atoms with van der Waals surface area (Å²) in [6.45, 7) is 4.21. The van der Waals surface area contributed by atoms with E-state index in [1.54, 1.807) is 6.26 Å². The van der Waals surface area contributed by atoms with Gasteiger partial charge in [0.1, 0.15) is 5.58 Å². The lowest BCUT2D eigenvalue weighted by atomic mass is 9.99. The predicted octanol–water partition coefficient (Wildman–Crippen LogP) is 2.59. The third-order valence-electron chi connectivity index (χ3n) is 3.96. The van der Waals surface area contributed by atoms with Crippen LogP contribution in [0.1, 0.15) is 12.5 Å². The quantitative estimate of drug-likeness (QED) is 0.920. The molecule has 1 aliphatic rings. The van der Waals surface area contributed by atoms with Gasteiger partial charge in [-0.3, -0.25) is 9.69 Å². The first kappa shape index (κ1) is 12.2. The maximum Gasteiger partial charge on any atom is 0.308 e. The molecule has 2 atom stereocenters. The van der Waals surface area contributed by atoms with E-state index in [2.05, 4.69) is 4.90 Å². The molecule has 0 aliphatic carbocycles. The Morgan fingerprint density at radius 2 is 2.21 bits per heavy atom. The number of carboxylic acids is 1. The number of hydrogen-bond donors (Lipinski definition) is 1. The first-order chi connectivity index (χ1) is 9.15. The predicted molar refractivity (Wildman–Crippen MR) is 71.8 cm³/mol. The van der Waals surface area contributed by atoms with Gasteiger partial charge in [0, 0.05) is 30.6 Å². The molecule has 1 fully saturated rings. The van der Waals surface area contributed by atoms with Gasteiger partial charge in [-0.1, -0.05) is 25.1 Å². The summed E-state index contributed by atoms with van der Waals surface area (Å²) in [5, 5.41) is 10.3. The number of furan rings is 1. The molecule has 100 valence electrons. The smallest absolute Gasteiger partial charge is 0.308 e. The Morgan fingerprint density at radius 3 is 2.95 bits per heavy atom. The topological polar surface area (TPSA) is 53.7 Å². The molecular weight excluding hydrogens is 242 g/mol. The van der Waals surface area contributed by atoms with E-state index in [4.69, 9.17) is 9.52 Å². The minimum Gasteiger partial charge on any atom is -0.481 e. The van der Waals surface area contributed by atoms with E-state index in [1.807, 2.05) is 31.2 Å². The van der Waals surface area contributed by atoms with E-state index < -0.39 is 5.97 Å². The number of hydrogen-bond acceptors (Lipinski definition) is 3. The van der Waals surface area contributed by atoms with Crippen LogP contribution in [0.3, 0.4) is 0 Å². The molecule has 19 heavy (non-hydrogen) atoms. The van der Waals surface area contributed by atoms with Gasteiger partial charge in [-0.25, -0.2) is 0 Å². The molecule has 0 saturated carbocycles. The fourth-order valence-electron chi connectivity index (χ4n) is 2.91. The lowest BCUT2D eigenvalue weighted by Crippen LogP contribution is -2.23. The van der Waals surface area contributed by atoms with Crippen LogP contribution in [0.2, 0.25) is 0 Å². The summed E-state index contributed by atoms with van der Waals surface area (Å²) in [5.41, 5.74) is 2.02. The van der Waals surface area contributed by atoms with Crippen molar-refractivity contribution in [1.29, 1.82) is 0 Å². The molecule has 1 saturated heterocycles. The van der Waals surface area contributed by atoms with Crippen molar-refractivity contribution in [2.45, 2.75) is 13.5 Å². The zero-order chi connectivity index (χ0) is 13.4. The van der Waals surface area contributed by atoms with Crippen molar-refractivity contribution in [1.82, 2.24) is 4.90 Å². The fraction of sp³-hybridized carbons (Fsp3) is 0.400. The third kappa shape index (κ3) is 2.24. The molecule has 2 aromatic rings. The molecule has 0 unspecified atom stereocenters. The average Bonchev–Trinajstić information content (AvgIpc) is 2.95. The Labute approximate surface area is 111 Å². The van der Waals surface area contributed by atoms with Gasteiger partial charge < -0.3 is 9.52 Å². The molecule has 0 amide bonds. The average molecular weight is 259 g/mol. The number of fused-ring (bicyclic) bond motifs is 1. The SMILES string of the molecule is C[C@@H]1CN(Cc2coc3ccccc23)C[C@H]1C(=O)O. The van der Waals surface area contributed by atoms with Crippen molar-refractivity contribution >= 4 is 16.9 Å². The maximum atomic E-state index is 11.1. The second kappa shape index (κ2) is 4.70. The molecule has 1 aliphatic heterocycles. The van der Waals surface area contributed by atoms with Crippen LogP contribution in [0.25, 0.3) is 11.0 Å². The molecule has 0 radical (unpaired) electrons. The lowest BCUT2D eigenvalue weighted by molar-refractivity contribution is -0.142. The van der Waals surface area contributed by atoms with Crippen molar-refractivity contribution in [3.63, 3.8) is 0 Å². The van der Waals surface area contributed by atoms with Crippen LogP contribution in [0.4, 0.5) is 0 Å². The Morgan fingerprint density at radius 1 is 1.42 bits per heavy atom. The Hall–Kier alpha value is -1.81. The molecule has 4 heteroatoms. The number of aliphatic carboxylic acids is 1. The van der Waals surface area contributed by atoms with Crippen molar-refractivity contribution < 1.29 is 14.3 Å². The molecule has 1 aromatic heterocycles. The second-order valence-electron chi connectivity index (χ2n) is 5.37. The van der Waals surface area contributed by atoms with Gasteiger partial charge in [-0.15, -0.1) is 0 Å². The number of nitrogens with zero attached hydrogens (tertiary/aromatic N) is 1. The highest BCUT2D eigenvalue weighted by Gasteiger charge is 2.34. The van der Waals surface area contributed by atoms with E-state index in [9.17, 15) is 4.79 Å². The van der Waals surface area contributed by atoms with Gasteiger partial charge in [0.25, 0.3) is 0 Å². The van der Waals surface area contributed by atoms with Crippen LogP contribution in [-0.4, -0.2) is 29.1 Å². The second-order valence-corrected chi connectivity index (χ2v) is 5.37. The summed E-state index contributed by atoms with van der Waals surface area (Å²) >= 11 is 0. The molecule has 0 spiro atoms. The van der Waals surface area contributed by atoms with Gasteiger partial charge >= 0.3 is 5.97 Å². The highest BCUT2D eigenvalue weighted by Crippen LogP contribution is 2.27. The summed E-state index contributed by atoms with van der Waals surface area (Å²) < 4.78 is 5.52. The van der Waals surface area contributed by atoms with E-state index in [0.29, 0.717) is 6.54 Å². The number of para-hydroxylation sites is 1. The Balaban J connectivity index is 1.78. The summed E-state index contributed by atoms with van der Waals surface area (Å²) in [7, 11) is 0. The Kier molecular flexibility index (Phi) is 3.03. The number of benzene rings is 1. The Bertz CT molecular complexity index is 604. The standard InChI is InChI=1S/C15H17NO3/c1-10-6-16(8-13(10)15(17)18)7-11-9-19-14-5-3-2-4-12(11)14/h2-5,9-10,13H,6-8H2,1H3,(H,17,18)/t10-,13-/m1/s1. The first-order valence-corrected chi connectivity index (χ1v) is 6.55. The number of likely N-dealkylation sites (tertiary alicyclic amines) is 1. The molecule has 0 bridgehead atoms. The van der Waals surface area contributed by atoms with Crippen LogP contribution in [0.15, 0.2) is 34.9 Å². The number of rotatable bonds is 3. The van der Waals surface area contributed by atoms with Crippen molar-refractivity contribution in [2.24, 2.45) is 11.8 Å². The molecular formula is C15H17NO3. The first-order valence-electron chi connectivity index (χ1n) is 6.55. The number of carboxylic acid groups (broad SMARTS) is 1. The van der Waals surface area contributed by atoms with Crippen molar-refractivity contribution in [3.05, 3.63) is 36.1 Å². The largest absolute Gasteiger partial charge is 0.481 e. The van der Waals surface area contributed by atoms with Crippen LogP contribution >= 0.6 is 0 Å². The molecule has 1 aromatic carbocycles. The summed E-state index contributed by atoms with van der Waals surface area (Å²) in [4.78, 5) is 13.3. The molecule has 1 N–H and O–H groups in total. The highest BCUT2D eigenvalue weighted by molar-refractivity contribution is 5.80. The molecule has 4 nitrogen and oxygen atoms in total. The summed E-state index contributed by atoms with van der Waals surface area (Å²) in [5.74, 6) is -0.735. The third-order valence-corrected chi connectivity index (χ3v) is 3.96. The minimum absolute atomic E-state index is 0.204. The van der Waals surface area contributed by atoms with Gasteiger partial charge in [0.2, 0.25) is 0 Å². The van der Waals surface area contributed by atoms with Gasteiger partial charge in [0.05, 0.1) is 12.2 Å². The zero-order valence-electron chi connectivity index (χ0n) is 10.9. The number of carbonyl (C=O) groups is 1. The maximum absolute atomic E-state index is 11.1. The van der Waals surface area contributed by atoms with E-state index >= 15 is 0 Å². The van der Waals surface area contributed by atoms with E-state index in [1.165, 1.54) is 0 Å². The zero-order valence-corrected chi connectivity index (χ0v) is 10.9.